The zero-order valence-electron chi connectivity index (χ0n) is 15.4. The van der Waals surface area contributed by atoms with Gasteiger partial charge in [-0.1, -0.05) is 18.0 Å². The molecule has 2 bridgehead atoms. The molecule has 2 atom stereocenters. The van der Waals surface area contributed by atoms with E-state index in [-0.39, 0.29) is 23.5 Å². The van der Waals surface area contributed by atoms with Crippen molar-refractivity contribution in [1.82, 2.24) is 0 Å². The molecule has 152 valence electrons. The molecule has 1 aliphatic heterocycles. The van der Waals surface area contributed by atoms with Crippen molar-refractivity contribution in [3.8, 4) is 0 Å². The molecule has 1 heterocycles. The number of hydrogen-bond acceptors (Lipinski definition) is 5. The van der Waals surface area contributed by atoms with Crippen molar-refractivity contribution in [2.24, 2.45) is 17.8 Å². The summed E-state index contributed by atoms with van der Waals surface area (Å²) in [5.74, 6) is 2.15. The number of amides is 1. The van der Waals surface area contributed by atoms with E-state index >= 15 is 0 Å². The number of thioether (sulfide) groups is 2. The number of halogens is 2. The summed E-state index contributed by atoms with van der Waals surface area (Å²) in [5.41, 5.74) is 0.372. The van der Waals surface area contributed by atoms with Crippen LogP contribution in [0.1, 0.15) is 32.1 Å². The van der Waals surface area contributed by atoms with Crippen molar-refractivity contribution in [3.05, 3.63) is 29.0 Å². The van der Waals surface area contributed by atoms with Crippen LogP contribution in [0.15, 0.2) is 18.2 Å². The van der Waals surface area contributed by atoms with Crippen LogP contribution in [-0.4, -0.2) is 34.1 Å². The molecule has 1 N–H and O–H groups in total. The number of anilines is 1. The summed E-state index contributed by atoms with van der Waals surface area (Å²) in [5, 5.41) is 2.50. The fraction of sp³-hybridized carbons (Fsp3) is 0.600. The molecule has 1 saturated heterocycles. The summed E-state index contributed by atoms with van der Waals surface area (Å²) in [4.78, 5) is 24.7. The minimum absolute atomic E-state index is 0.0693. The summed E-state index contributed by atoms with van der Waals surface area (Å²) >= 11 is 9.91. The third-order valence-corrected chi connectivity index (χ3v) is 10.3. The molecule has 2 saturated carbocycles. The quantitative estimate of drug-likeness (QED) is 0.666. The van der Waals surface area contributed by atoms with Gasteiger partial charge in [0.25, 0.3) is 5.91 Å². The Bertz CT molecular complexity index is 756. The van der Waals surface area contributed by atoms with Gasteiger partial charge in [-0.3, -0.25) is 9.59 Å². The van der Waals surface area contributed by atoms with Gasteiger partial charge in [0.1, 0.15) is 5.82 Å². The normalized spacial score (nSPS) is 28.1. The van der Waals surface area contributed by atoms with Crippen LogP contribution in [0.3, 0.4) is 0 Å². The highest BCUT2D eigenvalue weighted by Gasteiger charge is 2.55. The van der Waals surface area contributed by atoms with E-state index in [2.05, 4.69) is 28.8 Å². The third-order valence-electron chi connectivity index (χ3n) is 6.00. The Kier molecular flexibility index (Phi) is 6.14. The van der Waals surface area contributed by atoms with Gasteiger partial charge in [0.2, 0.25) is 0 Å². The Hall–Kier alpha value is -0.920. The number of esters is 1. The topological polar surface area (TPSA) is 55.4 Å². The summed E-state index contributed by atoms with van der Waals surface area (Å²) in [6, 6.07) is 3.93. The van der Waals surface area contributed by atoms with Gasteiger partial charge in [-0.2, -0.15) is 0 Å². The maximum absolute atomic E-state index is 13.2. The molecule has 0 aromatic heterocycles. The number of ether oxygens (including phenoxy) is 1. The molecule has 1 amide bonds. The maximum atomic E-state index is 13.2. The third kappa shape index (κ3) is 4.03. The predicted molar refractivity (Wildman–Crippen MR) is 112 cm³/mol. The van der Waals surface area contributed by atoms with Crippen molar-refractivity contribution in [1.29, 1.82) is 0 Å². The van der Waals surface area contributed by atoms with E-state index in [0.29, 0.717) is 21.6 Å². The molecule has 0 radical (unpaired) electrons. The van der Waals surface area contributed by atoms with Gasteiger partial charge < -0.3 is 10.1 Å². The smallest absolute Gasteiger partial charge is 0.309 e. The van der Waals surface area contributed by atoms with Gasteiger partial charge >= 0.3 is 5.97 Å². The zero-order valence-corrected chi connectivity index (χ0v) is 17.8. The number of carbonyl (C=O) groups excluding carboxylic acids is 2. The van der Waals surface area contributed by atoms with Gasteiger partial charge in [-0.25, -0.2) is 4.39 Å². The summed E-state index contributed by atoms with van der Waals surface area (Å²) in [7, 11) is 0. The predicted octanol–water partition coefficient (Wildman–Crippen LogP) is 4.96. The van der Waals surface area contributed by atoms with E-state index in [9.17, 15) is 14.0 Å². The van der Waals surface area contributed by atoms with Crippen LogP contribution in [0.4, 0.5) is 10.1 Å². The minimum Gasteiger partial charge on any atom is -0.455 e. The van der Waals surface area contributed by atoms with Gasteiger partial charge in [-0.15, -0.1) is 23.5 Å². The number of hydrogen-bond donors (Lipinski definition) is 1. The summed E-state index contributed by atoms with van der Waals surface area (Å²) < 4.78 is 18.8. The second-order valence-electron chi connectivity index (χ2n) is 7.70. The van der Waals surface area contributed by atoms with Crippen molar-refractivity contribution in [2.75, 3.05) is 23.4 Å². The number of nitrogens with one attached hydrogen (secondary N) is 1. The highest BCUT2D eigenvalue weighted by molar-refractivity contribution is 8.21. The first-order valence-corrected chi connectivity index (χ1v) is 12.0. The molecule has 1 aromatic rings. The van der Waals surface area contributed by atoms with Gasteiger partial charge in [-0.05, 0) is 55.7 Å². The monoisotopic (exact) mass is 443 g/mol. The van der Waals surface area contributed by atoms with Crippen LogP contribution in [0.2, 0.25) is 5.02 Å². The lowest BCUT2D eigenvalue weighted by atomic mass is 9.67. The lowest BCUT2D eigenvalue weighted by Gasteiger charge is -2.51. The Morgan fingerprint density at radius 1 is 1.21 bits per heavy atom. The highest BCUT2D eigenvalue weighted by atomic mass is 35.5. The SMILES string of the molecule is O=C(COC(=O)C1CC2CCCC(C1)C21SCCS1)Nc1ccc(F)c(Cl)c1. The Balaban J connectivity index is 1.30. The van der Waals surface area contributed by atoms with Crippen LogP contribution in [-0.2, 0) is 14.3 Å². The second-order valence-corrected chi connectivity index (χ2v) is 11.1. The van der Waals surface area contributed by atoms with Crippen molar-refractivity contribution < 1.29 is 18.7 Å². The second kappa shape index (κ2) is 8.44. The van der Waals surface area contributed by atoms with E-state index in [0.717, 1.165) is 12.8 Å². The zero-order chi connectivity index (χ0) is 19.7. The molecule has 2 unspecified atom stereocenters. The van der Waals surface area contributed by atoms with E-state index < -0.39 is 11.7 Å². The fourth-order valence-electron chi connectivity index (χ4n) is 4.83. The highest BCUT2D eigenvalue weighted by Crippen LogP contribution is 2.64. The van der Waals surface area contributed by atoms with Crippen molar-refractivity contribution in [2.45, 2.75) is 36.2 Å². The van der Waals surface area contributed by atoms with Gasteiger partial charge in [0.15, 0.2) is 6.61 Å². The lowest BCUT2D eigenvalue weighted by Crippen LogP contribution is -2.48. The van der Waals surface area contributed by atoms with Crippen LogP contribution in [0, 0.1) is 23.6 Å². The van der Waals surface area contributed by atoms with E-state index in [1.54, 1.807) is 0 Å². The lowest BCUT2D eigenvalue weighted by molar-refractivity contribution is -0.154. The fourth-order valence-corrected chi connectivity index (χ4v) is 8.94. The average Bonchev–Trinajstić information content (AvgIpc) is 3.12. The molecular weight excluding hydrogens is 421 g/mol. The molecule has 28 heavy (non-hydrogen) atoms. The molecule has 3 aliphatic rings. The van der Waals surface area contributed by atoms with E-state index in [4.69, 9.17) is 16.3 Å². The summed E-state index contributed by atoms with van der Waals surface area (Å²) in [6.45, 7) is -0.339. The van der Waals surface area contributed by atoms with Crippen molar-refractivity contribution in [3.63, 3.8) is 0 Å². The first-order valence-electron chi connectivity index (χ1n) is 9.67. The van der Waals surface area contributed by atoms with Crippen LogP contribution in [0.5, 0.6) is 0 Å². The van der Waals surface area contributed by atoms with Crippen LogP contribution < -0.4 is 5.32 Å². The minimum atomic E-state index is -0.551. The first kappa shape index (κ1) is 20.4. The summed E-state index contributed by atoms with van der Waals surface area (Å²) in [6.07, 6.45) is 5.36. The maximum Gasteiger partial charge on any atom is 0.309 e. The molecule has 1 spiro atoms. The number of rotatable bonds is 4. The molecular formula is C20H23ClFNO3S2. The van der Waals surface area contributed by atoms with E-state index in [1.807, 2.05) is 0 Å². The van der Waals surface area contributed by atoms with Crippen molar-refractivity contribution >= 4 is 52.7 Å². The molecule has 4 rings (SSSR count). The average molecular weight is 444 g/mol. The van der Waals surface area contributed by atoms with Crippen LogP contribution >= 0.6 is 35.1 Å². The Labute approximate surface area is 177 Å². The number of carbonyl (C=O) groups is 2. The number of benzene rings is 1. The van der Waals surface area contributed by atoms with Crippen LogP contribution in [0.25, 0.3) is 0 Å². The first-order chi connectivity index (χ1) is 13.5. The standard InChI is InChI=1S/C20H23ClFNO3S2/c21-16-10-15(4-5-17(16)22)23-18(24)11-26-19(25)12-8-13-2-1-3-14(9-12)20(13)27-6-7-28-20/h4-5,10,12-14H,1-3,6-9,11H2,(H,23,24). The molecule has 8 heteroatoms. The molecule has 2 aliphatic carbocycles. The van der Waals surface area contributed by atoms with E-state index in [1.165, 1.54) is 49.0 Å². The Morgan fingerprint density at radius 2 is 1.89 bits per heavy atom. The molecule has 3 fully saturated rings. The Morgan fingerprint density at radius 3 is 2.54 bits per heavy atom. The molecule has 1 aromatic carbocycles. The molecule has 4 nitrogen and oxygen atoms in total. The largest absolute Gasteiger partial charge is 0.455 e. The van der Waals surface area contributed by atoms with Gasteiger partial charge in [0.05, 0.1) is 15.0 Å². The van der Waals surface area contributed by atoms with Gasteiger partial charge in [0, 0.05) is 17.2 Å².